The van der Waals surface area contributed by atoms with Crippen molar-refractivity contribution in [2.75, 3.05) is 19.0 Å². The number of hydrogen-bond acceptors (Lipinski definition) is 2. The van der Waals surface area contributed by atoms with Crippen LogP contribution in [0.5, 0.6) is 0 Å². The zero-order chi connectivity index (χ0) is 8.74. The Hall–Kier alpha value is 0.100. The van der Waals surface area contributed by atoms with Gasteiger partial charge in [-0.1, -0.05) is 0 Å². The number of alkyl halides is 3. The molecule has 0 rings (SSSR count). The summed E-state index contributed by atoms with van der Waals surface area (Å²) in [5, 5.41) is 0. The van der Waals surface area contributed by atoms with Crippen molar-refractivity contribution in [1.29, 1.82) is 0 Å². The van der Waals surface area contributed by atoms with Crippen molar-refractivity contribution in [2.45, 2.75) is 19.0 Å². The third-order valence-electron chi connectivity index (χ3n) is 0.985. The van der Waals surface area contributed by atoms with E-state index in [0.29, 0.717) is 12.4 Å². The van der Waals surface area contributed by atoms with Crippen LogP contribution < -0.4 is 0 Å². The summed E-state index contributed by atoms with van der Waals surface area (Å²) in [6, 6.07) is 0. The van der Waals surface area contributed by atoms with E-state index < -0.39 is 12.6 Å². The molecule has 0 aromatic carbocycles. The molecule has 0 aliphatic rings. The van der Waals surface area contributed by atoms with Gasteiger partial charge in [0.15, 0.2) is 0 Å². The molecule has 0 amide bonds. The summed E-state index contributed by atoms with van der Waals surface area (Å²) in [5.41, 5.74) is 0. The second-order valence-electron chi connectivity index (χ2n) is 2.05. The summed E-state index contributed by atoms with van der Waals surface area (Å²) in [5.74, 6) is 0.548. The Morgan fingerprint density at radius 1 is 1.18 bits per heavy atom. The fourth-order valence-corrected chi connectivity index (χ4v) is 0.670. The van der Waals surface area contributed by atoms with E-state index in [-0.39, 0.29) is 13.0 Å². The van der Waals surface area contributed by atoms with E-state index in [9.17, 15) is 13.2 Å². The van der Waals surface area contributed by atoms with E-state index in [4.69, 9.17) is 4.74 Å². The number of rotatable bonds is 5. The number of thiol groups is 1. The van der Waals surface area contributed by atoms with Crippen LogP contribution in [0.25, 0.3) is 0 Å². The highest BCUT2D eigenvalue weighted by atomic mass is 32.1. The average molecular weight is 188 g/mol. The Balaban J connectivity index is 3.02. The van der Waals surface area contributed by atoms with Crippen molar-refractivity contribution in [3.8, 4) is 0 Å². The molecule has 1 nitrogen and oxygen atoms in total. The SMILES string of the molecule is FC(F)(F)CCCOCCS. The Bertz CT molecular complexity index is 94.3. The Morgan fingerprint density at radius 2 is 1.82 bits per heavy atom. The number of halogens is 3. The van der Waals surface area contributed by atoms with Gasteiger partial charge in [0.05, 0.1) is 6.61 Å². The van der Waals surface area contributed by atoms with Gasteiger partial charge in [-0.3, -0.25) is 0 Å². The first-order valence-electron chi connectivity index (χ1n) is 3.31. The lowest BCUT2D eigenvalue weighted by molar-refractivity contribution is -0.137. The smallest absolute Gasteiger partial charge is 0.381 e. The third-order valence-corrected chi connectivity index (χ3v) is 1.17. The van der Waals surface area contributed by atoms with Crippen molar-refractivity contribution in [3.63, 3.8) is 0 Å². The van der Waals surface area contributed by atoms with Crippen LogP contribution in [0.3, 0.4) is 0 Å². The minimum Gasteiger partial charge on any atom is -0.381 e. The van der Waals surface area contributed by atoms with Crippen LogP contribution in [0.15, 0.2) is 0 Å². The van der Waals surface area contributed by atoms with Crippen LogP contribution >= 0.6 is 12.6 Å². The fourth-order valence-electron chi connectivity index (χ4n) is 0.541. The monoisotopic (exact) mass is 188 g/mol. The molecule has 0 unspecified atom stereocenters. The Morgan fingerprint density at radius 3 is 2.27 bits per heavy atom. The van der Waals surface area contributed by atoms with Gasteiger partial charge in [-0.25, -0.2) is 0 Å². The maximum absolute atomic E-state index is 11.5. The van der Waals surface area contributed by atoms with Crippen LogP contribution in [0.4, 0.5) is 13.2 Å². The molecule has 0 atom stereocenters. The third kappa shape index (κ3) is 10.1. The standard InChI is InChI=1S/C6H11F3OS/c7-6(8,9)2-1-3-10-4-5-11/h11H,1-5H2. The molecule has 0 radical (unpaired) electrons. The van der Waals surface area contributed by atoms with Gasteiger partial charge in [-0.2, -0.15) is 25.8 Å². The van der Waals surface area contributed by atoms with Crippen LogP contribution in [0, 0.1) is 0 Å². The lowest BCUT2D eigenvalue weighted by Gasteiger charge is -2.05. The Kier molecular flexibility index (Phi) is 5.76. The van der Waals surface area contributed by atoms with Gasteiger partial charge in [0.2, 0.25) is 0 Å². The lowest BCUT2D eigenvalue weighted by atomic mass is 10.3. The largest absolute Gasteiger partial charge is 0.389 e. The van der Waals surface area contributed by atoms with E-state index in [1.54, 1.807) is 0 Å². The number of hydrogen-bond donors (Lipinski definition) is 1. The molecule has 0 aromatic heterocycles. The molecule has 0 spiro atoms. The van der Waals surface area contributed by atoms with Gasteiger partial charge >= 0.3 is 6.18 Å². The molecule has 0 N–H and O–H groups in total. The molecule has 0 aliphatic carbocycles. The van der Waals surface area contributed by atoms with Crippen molar-refractivity contribution in [3.05, 3.63) is 0 Å². The zero-order valence-corrected chi connectivity index (χ0v) is 6.92. The lowest BCUT2D eigenvalue weighted by Crippen LogP contribution is -2.09. The molecule has 0 bridgehead atoms. The summed E-state index contributed by atoms with van der Waals surface area (Å²) >= 11 is 3.83. The van der Waals surface area contributed by atoms with Crippen LogP contribution in [-0.2, 0) is 4.74 Å². The topological polar surface area (TPSA) is 9.23 Å². The van der Waals surface area contributed by atoms with Gasteiger partial charge in [0.25, 0.3) is 0 Å². The molecule has 0 aliphatic heterocycles. The van der Waals surface area contributed by atoms with Gasteiger partial charge < -0.3 is 4.74 Å². The molecule has 0 aromatic rings. The van der Waals surface area contributed by atoms with Gasteiger partial charge in [-0.05, 0) is 6.42 Å². The highest BCUT2D eigenvalue weighted by Crippen LogP contribution is 2.20. The molecular formula is C6H11F3OS. The first kappa shape index (κ1) is 11.1. The van der Waals surface area contributed by atoms with E-state index in [0.717, 1.165) is 0 Å². The van der Waals surface area contributed by atoms with Gasteiger partial charge in [0.1, 0.15) is 0 Å². The van der Waals surface area contributed by atoms with Crippen molar-refractivity contribution in [1.82, 2.24) is 0 Å². The van der Waals surface area contributed by atoms with Crippen molar-refractivity contribution in [2.24, 2.45) is 0 Å². The molecule has 0 heterocycles. The minimum absolute atomic E-state index is 0.0390. The summed E-state index contributed by atoms with van der Waals surface area (Å²) in [6.07, 6.45) is -4.78. The van der Waals surface area contributed by atoms with Crippen molar-refractivity contribution < 1.29 is 17.9 Å². The van der Waals surface area contributed by atoms with E-state index in [1.165, 1.54) is 0 Å². The first-order chi connectivity index (χ1) is 5.06. The molecule has 0 saturated heterocycles. The van der Waals surface area contributed by atoms with Crippen molar-refractivity contribution >= 4 is 12.6 Å². The van der Waals surface area contributed by atoms with Gasteiger partial charge in [0, 0.05) is 18.8 Å². The van der Waals surface area contributed by atoms with E-state index in [2.05, 4.69) is 12.6 Å². The fraction of sp³-hybridized carbons (Fsp3) is 1.00. The Labute approximate surface area is 69.3 Å². The van der Waals surface area contributed by atoms with E-state index in [1.807, 2.05) is 0 Å². The normalized spacial score (nSPS) is 12.0. The maximum Gasteiger partial charge on any atom is 0.389 e. The molecular weight excluding hydrogens is 177 g/mol. The summed E-state index contributed by atoms with van der Waals surface area (Å²) in [6.45, 7) is 0.584. The zero-order valence-electron chi connectivity index (χ0n) is 6.02. The first-order valence-corrected chi connectivity index (χ1v) is 3.95. The molecule has 5 heteroatoms. The van der Waals surface area contributed by atoms with Gasteiger partial charge in [-0.15, -0.1) is 0 Å². The summed E-state index contributed by atoms with van der Waals surface area (Å²) in [4.78, 5) is 0. The summed E-state index contributed by atoms with van der Waals surface area (Å²) < 4.78 is 39.3. The average Bonchev–Trinajstić information content (AvgIpc) is 1.85. The molecule has 11 heavy (non-hydrogen) atoms. The quantitative estimate of drug-likeness (QED) is 0.514. The highest BCUT2D eigenvalue weighted by molar-refractivity contribution is 7.80. The molecule has 68 valence electrons. The molecule has 0 saturated carbocycles. The van der Waals surface area contributed by atoms with Crippen LogP contribution in [0.1, 0.15) is 12.8 Å². The maximum atomic E-state index is 11.5. The minimum atomic E-state index is -4.05. The second kappa shape index (κ2) is 5.71. The molecule has 0 fully saturated rings. The predicted octanol–water partition coefficient (Wildman–Crippen LogP) is 2.28. The van der Waals surface area contributed by atoms with Crippen LogP contribution in [0.2, 0.25) is 0 Å². The number of ether oxygens (including phenoxy) is 1. The summed E-state index contributed by atoms with van der Waals surface area (Å²) in [7, 11) is 0. The highest BCUT2D eigenvalue weighted by Gasteiger charge is 2.25. The van der Waals surface area contributed by atoms with E-state index >= 15 is 0 Å². The van der Waals surface area contributed by atoms with Crippen LogP contribution in [-0.4, -0.2) is 25.1 Å². The predicted molar refractivity (Wildman–Crippen MR) is 40.0 cm³/mol. The second-order valence-corrected chi connectivity index (χ2v) is 2.50.